The van der Waals surface area contributed by atoms with Gasteiger partial charge in [0, 0.05) is 24.7 Å². The number of amides is 1. The minimum Gasteiger partial charge on any atom is -0.451 e. The summed E-state index contributed by atoms with van der Waals surface area (Å²) < 4.78 is 5.70. The molecule has 118 valence electrons. The number of carbonyl (C=O) groups is 1. The largest absolute Gasteiger partial charge is 0.451 e. The van der Waals surface area contributed by atoms with Crippen LogP contribution < -0.4 is 5.73 Å². The van der Waals surface area contributed by atoms with E-state index in [1.807, 2.05) is 18.2 Å². The van der Waals surface area contributed by atoms with Gasteiger partial charge in [-0.2, -0.15) is 0 Å². The summed E-state index contributed by atoms with van der Waals surface area (Å²) in [4.78, 5) is 14.3. The molecule has 0 saturated carbocycles. The summed E-state index contributed by atoms with van der Waals surface area (Å²) in [6.07, 6.45) is 1.95. The lowest BCUT2D eigenvalue weighted by Crippen LogP contribution is -2.39. The number of nitrogens with zero attached hydrogens (tertiary/aromatic N) is 1. The Labute approximate surface area is 140 Å². The standard InChI is InChI=1S/C16H17ClN2O2.ClH/c17-13-6-2-1-5-12(13)14-7-8-15(21-14)16(20)19-9-3-4-11(19)10-18;/h1-2,5-8,11H,3-4,9-10,18H2;1H. The molecule has 4 nitrogen and oxygen atoms in total. The first-order valence-electron chi connectivity index (χ1n) is 7.06. The number of rotatable bonds is 3. The van der Waals surface area contributed by atoms with Crippen molar-refractivity contribution >= 4 is 29.9 Å². The molecule has 6 heteroatoms. The van der Waals surface area contributed by atoms with Crippen LogP contribution in [0.5, 0.6) is 0 Å². The molecule has 0 bridgehead atoms. The Morgan fingerprint density at radius 3 is 2.82 bits per heavy atom. The van der Waals surface area contributed by atoms with Gasteiger partial charge in [-0.05, 0) is 37.1 Å². The molecule has 2 aromatic rings. The van der Waals surface area contributed by atoms with Crippen LogP contribution in [0.3, 0.4) is 0 Å². The van der Waals surface area contributed by atoms with E-state index in [1.54, 1.807) is 23.1 Å². The predicted octanol–water partition coefficient (Wildman–Crippen LogP) is 3.59. The van der Waals surface area contributed by atoms with Crippen molar-refractivity contribution in [3.63, 3.8) is 0 Å². The van der Waals surface area contributed by atoms with Crippen LogP contribution in [0.25, 0.3) is 11.3 Å². The lowest BCUT2D eigenvalue weighted by atomic mass is 10.2. The van der Waals surface area contributed by atoms with Crippen LogP contribution in [-0.4, -0.2) is 29.9 Å². The number of carbonyl (C=O) groups excluding carboxylic acids is 1. The normalized spacial score (nSPS) is 17.4. The first-order chi connectivity index (χ1) is 10.2. The molecule has 1 aromatic heterocycles. The van der Waals surface area contributed by atoms with Crippen molar-refractivity contribution in [1.82, 2.24) is 4.90 Å². The highest BCUT2D eigenvalue weighted by molar-refractivity contribution is 6.33. The smallest absolute Gasteiger partial charge is 0.289 e. The third kappa shape index (κ3) is 3.14. The Bertz CT molecular complexity index is 657. The van der Waals surface area contributed by atoms with Gasteiger partial charge in [0.15, 0.2) is 5.76 Å². The van der Waals surface area contributed by atoms with E-state index in [9.17, 15) is 4.79 Å². The number of hydrogen-bond donors (Lipinski definition) is 1. The fraction of sp³-hybridized carbons (Fsp3) is 0.312. The zero-order chi connectivity index (χ0) is 14.8. The van der Waals surface area contributed by atoms with Crippen LogP contribution in [0.2, 0.25) is 5.02 Å². The van der Waals surface area contributed by atoms with E-state index < -0.39 is 0 Å². The van der Waals surface area contributed by atoms with Crippen LogP contribution in [0.1, 0.15) is 23.4 Å². The maximum absolute atomic E-state index is 12.5. The van der Waals surface area contributed by atoms with Gasteiger partial charge in [-0.25, -0.2) is 0 Å². The summed E-state index contributed by atoms with van der Waals surface area (Å²) in [5.74, 6) is 0.846. The summed E-state index contributed by atoms with van der Waals surface area (Å²) in [5, 5.41) is 0.604. The van der Waals surface area contributed by atoms with E-state index in [4.69, 9.17) is 21.8 Å². The van der Waals surface area contributed by atoms with Gasteiger partial charge in [-0.1, -0.05) is 23.7 Å². The van der Waals surface area contributed by atoms with E-state index in [0.29, 0.717) is 23.1 Å². The van der Waals surface area contributed by atoms with E-state index in [1.165, 1.54) is 0 Å². The van der Waals surface area contributed by atoms with Crippen molar-refractivity contribution in [2.75, 3.05) is 13.1 Å². The lowest BCUT2D eigenvalue weighted by Gasteiger charge is -2.22. The SMILES string of the molecule is Cl.NCC1CCCN1C(=O)c1ccc(-c2ccccc2Cl)o1. The van der Waals surface area contributed by atoms with Crippen molar-refractivity contribution < 1.29 is 9.21 Å². The highest BCUT2D eigenvalue weighted by Crippen LogP contribution is 2.30. The summed E-state index contributed by atoms with van der Waals surface area (Å²) in [5.41, 5.74) is 6.50. The molecule has 1 amide bonds. The fourth-order valence-corrected chi connectivity index (χ4v) is 2.98. The summed E-state index contributed by atoms with van der Waals surface area (Å²) in [7, 11) is 0. The molecule has 0 aliphatic carbocycles. The molecule has 0 radical (unpaired) electrons. The average molecular weight is 341 g/mol. The molecule has 1 aliphatic rings. The zero-order valence-corrected chi connectivity index (χ0v) is 13.6. The Morgan fingerprint density at radius 1 is 1.32 bits per heavy atom. The van der Waals surface area contributed by atoms with Crippen LogP contribution in [-0.2, 0) is 0 Å². The summed E-state index contributed by atoms with van der Waals surface area (Å²) in [6.45, 7) is 1.23. The molecule has 1 fully saturated rings. The molecule has 1 unspecified atom stereocenters. The van der Waals surface area contributed by atoms with Crippen molar-refractivity contribution in [1.29, 1.82) is 0 Å². The van der Waals surface area contributed by atoms with E-state index in [2.05, 4.69) is 0 Å². The lowest BCUT2D eigenvalue weighted by molar-refractivity contribution is 0.0710. The Balaban J connectivity index is 0.00000176. The number of benzene rings is 1. The van der Waals surface area contributed by atoms with E-state index >= 15 is 0 Å². The number of nitrogens with two attached hydrogens (primary N) is 1. The van der Waals surface area contributed by atoms with Gasteiger partial charge in [0.05, 0.1) is 5.02 Å². The first kappa shape index (κ1) is 16.9. The highest BCUT2D eigenvalue weighted by Gasteiger charge is 2.30. The molecule has 1 aliphatic heterocycles. The summed E-state index contributed by atoms with van der Waals surface area (Å²) in [6, 6.07) is 11.0. The van der Waals surface area contributed by atoms with Crippen molar-refractivity contribution in [3.05, 3.63) is 47.2 Å². The Kier molecular flexibility index (Phi) is 5.51. The second kappa shape index (κ2) is 7.18. The topological polar surface area (TPSA) is 59.5 Å². The summed E-state index contributed by atoms with van der Waals surface area (Å²) >= 11 is 6.15. The minimum absolute atomic E-state index is 0. The fourth-order valence-electron chi connectivity index (χ4n) is 2.75. The predicted molar refractivity (Wildman–Crippen MR) is 89.5 cm³/mol. The molecule has 1 saturated heterocycles. The number of furan rings is 1. The van der Waals surface area contributed by atoms with Gasteiger partial charge >= 0.3 is 0 Å². The van der Waals surface area contributed by atoms with Crippen LogP contribution >= 0.6 is 24.0 Å². The molecule has 22 heavy (non-hydrogen) atoms. The Hall–Kier alpha value is -1.49. The highest BCUT2D eigenvalue weighted by atomic mass is 35.5. The maximum Gasteiger partial charge on any atom is 0.289 e. The van der Waals surface area contributed by atoms with Gasteiger partial charge in [-0.3, -0.25) is 4.79 Å². The molecule has 1 aromatic carbocycles. The van der Waals surface area contributed by atoms with Crippen molar-refractivity contribution in [2.24, 2.45) is 5.73 Å². The third-order valence-corrected chi connectivity index (χ3v) is 4.20. The average Bonchev–Trinajstić information content (AvgIpc) is 3.16. The minimum atomic E-state index is -0.0961. The van der Waals surface area contributed by atoms with Gasteiger partial charge < -0.3 is 15.1 Å². The maximum atomic E-state index is 12.5. The molecule has 1 atom stereocenters. The molecular formula is C16H18Cl2N2O2. The second-order valence-electron chi connectivity index (χ2n) is 5.17. The van der Waals surface area contributed by atoms with Crippen LogP contribution in [0.4, 0.5) is 0 Å². The third-order valence-electron chi connectivity index (χ3n) is 3.87. The van der Waals surface area contributed by atoms with Gasteiger partial charge in [0.1, 0.15) is 5.76 Å². The quantitative estimate of drug-likeness (QED) is 0.928. The van der Waals surface area contributed by atoms with E-state index in [-0.39, 0.29) is 24.4 Å². The monoisotopic (exact) mass is 340 g/mol. The van der Waals surface area contributed by atoms with Crippen molar-refractivity contribution in [3.8, 4) is 11.3 Å². The van der Waals surface area contributed by atoms with Crippen LogP contribution in [0, 0.1) is 0 Å². The molecule has 0 spiro atoms. The molecule has 2 heterocycles. The number of hydrogen-bond acceptors (Lipinski definition) is 3. The molecule has 3 rings (SSSR count). The Morgan fingerprint density at radius 2 is 2.09 bits per heavy atom. The second-order valence-corrected chi connectivity index (χ2v) is 5.58. The van der Waals surface area contributed by atoms with Gasteiger partial charge in [0.2, 0.25) is 0 Å². The van der Waals surface area contributed by atoms with E-state index in [0.717, 1.165) is 24.9 Å². The number of halogens is 2. The van der Waals surface area contributed by atoms with Gasteiger partial charge in [0.25, 0.3) is 5.91 Å². The number of likely N-dealkylation sites (tertiary alicyclic amines) is 1. The van der Waals surface area contributed by atoms with Gasteiger partial charge in [-0.15, -0.1) is 12.4 Å². The van der Waals surface area contributed by atoms with Crippen LogP contribution in [0.15, 0.2) is 40.8 Å². The van der Waals surface area contributed by atoms with Crippen molar-refractivity contribution in [2.45, 2.75) is 18.9 Å². The first-order valence-corrected chi connectivity index (χ1v) is 7.44. The molecular weight excluding hydrogens is 323 g/mol. The zero-order valence-electron chi connectivity index (χ0n) is 12.0. The molecule has 2 N–H and O–H groups in total.